The number of thioether (sulfide) groups is 1. The average molecular weight is 147 g/mol. The molecule has 0 aromatic carbocycles. The molecule has 0 bridgehead atoms. The van der Waals surface area contributed by atoms with Crippen LogP contribution < -0.4 is 0 Å². The molecular weight excluding hydrogens is 138 g/mol. The SMILES string of the molecule is CS/C(CC(C)=O)=N\O. The van der Waals surface area contributed by atoms with Gasteiger partial charge < -0.3 is 5.21 Å². The number of hydrogen-bond acceptors (Lipinski definition) is 4. The summed E-state index contributed by atoms with van der Waals surface area (Å²) in [5.41, 5.74) is 0. The van der Waals surface area contributed by atoms with E-state index in [-0.39, 0.29) is 12.2 Å². The van der Waals surface area contributed by atoms with Crippen molar-refractivity contribution in [2.75, 3.05) is 6.26 Å². The molecule has 0 unspecified atom stereocenters. The van der Waals surface area contributed by atoms with Crippen molar-refractivity contribution in [3.63, 3.8) is 0 Å². The van der Waals surface area contributed by atoms with Crippen LogP contribution in [-0.4, -0.2) is 22.3 Å². The zero-order valence-electron chi connectivity index (χ0n) is 5.42. The molecule has 0 rings (SSSR count). The maximum atomic E-state index is 10.4. The van der Waals surface area contributed by atoms with Crippen LogP contribution in [-0.2, 0) is 4.79 Å². The Morgan fingerprint density at radius 1 is 1.78 bits per heavy atom. The zero-order chi connectivity index (χ0) is 7.28. The second kappa shape index (κ2) is 4.38. The third-order valence-electron chi connectivity index (χ3n) is 0.747. The molecule has 0 atom stereocenters. The Kier molecular flexibility index (Phi) is 4.13. The predicted molar refractivity (Wildman–Crippen MR) is 38.0 cm³/mol. The van der Waals surface area contributed by atoms with E-state index in [2.05, 4.69) is 5.16 Å². The van der Waals surface area contributed by atoms with Gasteiger partial charge in [0.25, 0.3) is 0 Å². The predicted octanol–water partition coefficient (Wildman–Crippen LogP) is 1.12. The molecule has 0 fully saturated rings. The minimum Gasteiger partial charge on any atom is -0.410 e. The van der Waals surface area contributed by atoms with Crippen LogP contribution in [0.2, 0.25) is 0 Å². The fraction of sp³-hybridized carbons (Fsp3) is 0.600. The van der Waals surface area contributed by atoms with Crippen LogP contribution in [0.25, 0.3) is 0 Å². The summed E-state index contributed by atoms with van der Waals surface area (Å²) in [6, 6.07) is 0. The van der Waals surface area contributed by atoms with E-state index in [4.69, 9.17) is 5.21 Å². The molecule has 0 aliphatic carbocycles. The van der Waals surface area contributed by atoms with E-state index in [1.54, 1.807) is 6.26 Å². The highest BCUT2D eigenvalue weighted by Crippen LogP contribution is 2.01. The van der Waals surface area contributed by atoms with Gasteiger partial charge in [0, 0.05) is 0 Å². The van der Waals surface area contributed by atoms with E-state index in [9.17, 15) is 4.79 Å². The van der Waals surface area contributed by atoms with Gasteiger partial charge in [-0.15, -0.1) is 11.8 Å². The van der Waals surface area contributed by atoms with Crippen LogP contribution in [0.5, 0.6) is 0 Å². The zero-order valence-corrected chi connectivity index (χ0v) is 6.23. The smallest absolute Gasteiger partial charge is 0.136 e. The Morgan fingerprint density at radius 2 is 2.33 bits per heavy atom. The Labute approximate surface area is 58.1 Å². The van der Waals surface area contributed by atoms with Crippen molar-refractivity contribution in [2.45, 2.75) is 13.3 Å². The average Bonchev–Trinajstić information content (AvgIpc) is 1.82. The minimum absolute atomic E-state index is 0.0113. The summed E-state index contributed by atoms with van der Waals surface area (Å²) in [4.78, 5) is 10.4. The van der Waals surface area contributed by atoms with Crippen LogP contribution in [0.1, 0.15) is 13.3 Å². The maximum Gasteiger partial charge on any atom is 0.136 e. The van der Waals surface area contributed by atoms with Gasteiger partial charge in [-0.05, 0) is 13.2 Å². The molecule has 0 radical (unpaired) electrons. The topological polar surface area (TPSA) is 49.7 Å². The molecule has 0 aliphatic heterocycles. The lowest BCUT2D eigenvalue weighted by molar-refractivity contribution is -0.115. The first-order chi connectivity index (χ1) is 4.20. The number of Topliss-reactive ketones (excluding diaryl/α,β-unsaturated/α-hetero) is 1. The van der Waals surface area contributed by atoms with Crippen molar-refractivity contribution < 1.29 is 10.0 Å². The third-order valence-corrected chi connectivity index (χ3v) is 1.44. The summed E-state index contributed by atoms with van der Waals surface area (Å²) in [5.74, 6) is 0.0113. The first-order valence-corrected chi connectivity index (χ1v) is 3.67. The molecule has 9 heavy (non-hydrogen) atoms. The molecule has 3 nitrogen and oxygen atoms in total. The lowest BCUT2D eigenvalue weighted by Crippen LogP contribution is -1.99. The van der Waals surface area contributed by atoms with Crippen LogP contribution >= 0.6 is 11.8 Å². The van der Waals surface area contributed by atoms with Gasteiger partial charge in [0.2, 0.25) is 0 Å². The Hall–Kier alpha value is -0.510. The fourth-order valence-corrected chi connectivity index (χ4v) is 0.791. The number of ketones is 1. The van der Waals surface area contributed by atoms with E-state index < -0.39 is 0 Å². The molecule has 0 heterocycles. The van der Waals surface area contributed by atoms with Crippen molar-refractivity contribution >= 4 is 22.6 Å². The highest BCUT2D eigenvalue weighted by Gasteiger charge is 2.00. The van der Waals surface area contributed by atoms with E-state index in [0.717, 1.165) is 0 Å². The molecule has 52 valence electrons. The highest BCUT2D eigenvalue weighted by atomic mass is 32.2. The van der Waals surface area contributed by atoms with Crippen LogP contribution in [0, 0.1) is 0 Å². The first kappa shape index (κ1) is 8.49. The minimum atomic E-state index is 0.0113. The molecule has 0 spiro atoms. The van der Waals surface area contributed by atoms with E-state index in [1.165, 1.54) is 18.7 Å². The molecule has 4 heteroatoms. The van der Waals surface area contributed by atoms with Crippen molar-refractivity contribution in [3.8, 4) is 0 Å². The lowest BCUT2D eigenvalue weighted by atomic mass is 10.3. The summed E-state index contributed by atoms with van der Waals surface area (Å²) in [6.45, 7) is 1.46. The van der Waals surface area contributed by atoms with Crippen molar-refractivity contribution in [2.24, 2.45) is 5.16 Å². The summed E-state index contributed by atoms with van der Waals surface area (Å²) in [7, 11) is 0. The van der Waals surface area contributed by atoms with E-state index in [0.29, 0.717) is 5.04 Å². The second-order valence-electron chi connectivity index (χ2n) is 1.58. The standard InChI is InChI=1S/C5H9NO2S/c1-4(7)3-5(6-8)9-2/h8H,3H2,1-2H3/b6-5-. The summed E-state index contributed by atoms with van der Waals surface area (Å²) in [5, 5.41) is 11.6. The van der Waals surface area contributed by atoms with Crippen molar-refractivity contribution in [1.82, 2.24) is 0 Å². The van der Waals surface area contributed by atoms with E-state index >= 15 is 0 Å². The van der Waals surface area contributed by atoms with Crippen molar-refractivity contribution in [1.29, 1.82) is 0 Å². The number of oxime groups is 1. The summed E-state index contributed by atoms with van der Waals surface area (Å²) < 4.78 is 0. The molecule has 0 saturated heterocycles. The fourth-order valence-electron chi connectivity index (χ4n) is 0.361. The van der Waals surface area contributed by atoms with Gasteiger partial charge in [-0.3, -0.25) is 4.79 Å². The Bertz CT molecular complexity index is 133. The molecule has 0 saturated carbocycles. The first-order valence-electron chi connectivity index (χ1n) is 2.45. The van der Waals surface area contributed by atoms with Gasteiger partial charge in [-0.2, -0.15) is 0 Å². The molecule has 0 amide bonds. The van der Waals surface area contributed by atoms with Crippen LogP contribution in [0.4, 0.5) is 0 Å². The number of nitrogens with zero attached hydrogens (tertiary/aromatic N) is 1. The van der Waals surface area contributed by atoms with Crippen LogP contribution in [0.15, 0.2) is 5.16 Å². The molecule has 0 aromatic rings. The summed E-state index contributed by atoms with van der Waals surface area (Å²) >= 11 is 1.28. The van der Waals surface area contributed by atoms with Gasteiger partial charge in [0.05, 0.1) is 6.42 Å². The third kappa shape index (κ3) is 4.02. The van der Waals surface area contributed by atoms with Gasteiger partial charge in [-0.1, -0.05) is 5.16 Å². The van der Waals surface area contributed by atoms with Gasteiger partial charge >= 0.3 is 0 Å². The van der Waals surface area contributed by atoms with Gasteiger partial charge in [0.15, 0.2) is 0 Å². The number of carbonyl (C=O) groups is 1. The monoisotopic (exact) mass is 147 g/mol. The Morgan fingerprint density at radius 3 is 2.44 bits per heavy atom. The number of carbonyl (C=O) groups excluding carboxylic acids is 1. The van der Waals surface area contributed by atoms with Gasteiger partial charge in [-0.25, -0.2) is 0 Å². The molecule has 0 aromatic heterocycles. The molecular formula is C5H9NO2S. The summed E-state index contributed by atoms with van der Waals surface area (Å²) in [6.07, 6.45) is 2.00. The normalized spacial score (nSPS) is 11.6. The Balaban J connectivity index is 3.71. The van der Waals surface area contributed by atoms with Crippen LogP contribution in [0.3, 0.4) is 0 Å². The van der Waals surface area contributed by atoms with Crippen molar-refractivity contribution in [3.05, 3.63) is 0 Å². The van der Waals surface area contributed by atoms with E-state index in [1.807, 2.05) is 0 Å². The highest BCUT2D eigenvalue weighted by molar-refractivity contribution is 8.13. The largest absolute Gasteiger partial charge is 0.410 e. The van der Waals surface area contributed by atoms with Gasteiger partial charge in [0.1, 0.15) is 10.8 Å². The molecule has 0 aliphatic rings. The lowest BCUT2D eigenvalue weighted by Gasteiger charge is -1.93. The second-order valence-corrected chi connectivity index (χ2v) is 2.46. The quantitative estimate of drug-likeness (QED) is 0.275. The number of rotatable bonds is 2. The maximum absolute atomic E-state index is 10.4. The molecule has 1 N–H and O–H groups in total. The number of hydrogen-bond donors (Lipinski definition) is 1.